The molecule has 0 heterocycles. The minimum atomic E-state index is -1.28. The molecule has 0 atom stereocenters. The van der Waals surface area contributed by atoms with Crippen molar-refractivity contribution in [3.8, 4) is 34.1 Å². The van der Waals surface area contributed by atoms with Crippen LogP contribution in [0.2, 0.25) is 0 Å². The van der Waals surface area contributed by atoms with Crippen LogP contribution in [0.3, 0.4) is 0 Å². The summed E-state index contributed by atoms with van der Waals surface area (Å²) < 4.78 is 1.71. The van der Waals surface area contributed by atoms with Crippen molar-refractivity contribution < 1.29 is 20.4 Å². The fraction of sp³-hybridized carbons (Fsp3) is 0.0370. The zero-order valence-corrected chi connectivity index (χ0v) is 21.2. The molecule has 1 aliphatic rings. The van der Waals surface area contributed by atoms with Gasteiger partial charge < -0.3 is 20.4 Å². The van der Waals surface area contributed by atoms with Gasteiger partial charge in [-0.1, -0.05) is 68.3 Å². The van der Waals surface area contributed by atoms with Crippen molar-refractivity contribution in [2.45, 2.75) is 5.66 Å². The van der Waals surface area contributed by atoms with Gasteiger partial charge in [-0.2, -0.15) is 0 Å². The van der Waals surface area contributed by atoms with E-state index in [4.69, 9.17) is 9.98 Å². The molecule has 5 rings (SSSR count). The number of phenolic OH excluding ortho intramolecular Hbond substituents is 4. The van der Waals surface area contributed by atoms with Crippen molar-refractivity contribution in [3.05, 3.63) is 104 Å². The second-order valence-corrected chi connectivity index (χ2v) is 9.65. The second-order valence-electron chi connectivity index (χ2n) is 7.94. The predicted octanol–water partition coefficient (Wildman–Crippen LogP) is 6.45. The molecule has 0 fully saturated rings. The van der Waals surface area contributed by atoms with Crippen LogP contribution in [0.25, 0.3) is 11.1 Å². The molecule has 0 spiro atoms. The van der Waals surface area contributed by atoms with Crippen LogP contribution >= 0.6 is 31.9 Å². The largest absolute Gasteiger partial charge is 0.504 e. The van der Waals surface area contributed by atoms with Gasteiger partial charge in [0.1, 0.15) is 0 Å². The van der Waals surface area contributed by atoms with E-state index in [1.165, 1.54) is 24.6 Å². The average Bonchev–Trinajstić information content (AvgIpc) is 3.13. The number of aromatic hydroxyl groups is 4. The molecule has 0 radical (unpaired) electrons. The molecular formula is C27H18Br2N2O4. The third kappa shape index (κ3) is 3.79. The van der Waals surface area contributed by atoms with Crippen molar-refractivity contribution in [3.63, 3.8) is 0 Å². The number of aliphatic imine (C=N–C) groups is 2. The molecule has 0 unspecified atom stereocenters. The van der Waals surface area contributed by atoms with Gasteiger partial charge in [-0.3, -0.25) is 9.98 Å². The lowest BCUT2D eigenvalue weighted by Gasteiger charge is -2.23. The van der Waals surface area contributed by atoms with E-state index in [0.29, 0.717) is 11.1 Å². The first kappa shape index (κ1) is 23.1. The van der Waals surface area contributed by atoms with E-state index in [2.05, 4.69) is 31.9 Å². The average molecular weight is 594 g/mol. The maximum Gasteiger partial charge on any atom is 0.202 e. The number of hydrogen-bond donors (Lipinski definition) is 4. The highest BCUT2D eigenvalue weighted by molar-refractivity contribution is 9.11. The van der Waals surface area contributed by atoms with Crippen molar-refractivity contribution in [1.29, 1.82) is 0 Å². The Kier molecular flexibility index (Phi) is 5.86. The van der Waals surface area contributed by atoms with Crippen LogP contribution in [0.5, 0.6) is 23.0 Å². The molecule has 174 valence electrons. The number of rotatable bonds is 4. The van der Waals surface area contributed by atoms with Crippen molar-refractivity contribution >= 4 is 44.3 Å². The fourth-order valence-electron chi connectivity index (χ4n) is 4.23. The van der Waals surface area contributed by atoms with Crippen LogP contribution in [0.15, 0.2) is 91.7 Å². The Morgan fingerprint density at radius 3 is 1.40 bits per heavy atom. The van der Waals surface area contributed by atoms with E-state index in [1.807, 2.05) is 36.4 Å². The van der Waals surface area contributed by atoms with E-state index >= 15 is 0 Å². The molecule has 0 amide bonds. The monoisotopic (exact) mass is 592 g/mol. The van der Waals surface area contributed by atoms with E-state index in [9.17, 15) is 20.4 Å². The molecule has 8 heteroatoms. The first-order chi connectivity index (χ1) is 16.8. The normalized spacial score (nSPS) is 13.9. The Balaban J connectivity index is 1.80. The van der Waals surface area contributed by atoms with Gasteiger partial charge >= 0.3 is 0 Å². The van der Waals surface area contributed by atoms with Gasteiger partial charge in [0, 0.05) is 54.8 Å². The van der Waals surface area contributed by atoms with Crippen LogP contribution < -0.4 is 0 Å². The molecule has 0 aromatic heterocycles. The molecule has 4 aromatic rings. The number of benzene rings is 4. The van der Waals surface area contributed by atoms with Crippen molar-refractivity contribution in [1.82, 2.24) is 0 Å². The Morgan fingerprint density at radius 1 is 0.571 bits per heavy atom. The Bertz CT molecular complexity index is 1420. The topological polar surface area (TPSA) is 106 Å². The van der Waals surface area contributed by atoms with E-state index in [-0.39, 0.29) is 23.0 Å². The quantitative estimate of drug-likeness (QED) is 0.161. The summed E-state index contributed by atoms with van der Waals surface area (Å²) in [7, 11) is 0. The molecule has 0 aliphatic heterocycles. The minimum absolute atomic E-state index is 0.256. The SMILES string of the molecule is Oc1cccc(/C=N/C2(/N=C/c3cccc(O)c3O)c3cccc(Br)c3-c3c(Br)cccc32)c1O. The van der Waals surface area contributed by atoms with E-state index < -0.39 is 5.66 Å². The summed E-state index contributed by atoms with van der Waals surface area (Å²) in [6.07, 6.45) is 2.94. The Hall–Kier alpha value is -3.62. The number of halogens is 2. The standard InChI is InChI=1S/C27H18Br2N2O4/c28-19-9-3-7-17-23(19)24-18(8-4-10-20(24)29)27(17,30-13-15-5-1-11-21(32)25(15)34)31-14-16-6-2-12-22(33)26(16)35/h1-14,32-35H/b30-13+,31-14+. The van der Waals surface area contributed by atoms with Gasteiger partial charge in [0.2, 0.25) is 5.66 Å². The van der Waals surface area contributed by atoms with Crippen LogP contribution in [-0.4, -0.2) is 32.9 Å². The molecule has 0 saturated heterocycles. The van der Waals surface area contributed by atoms with Gasteiger partial charge in [-0.15, -0.1) is 0 Å². The molecule has 0 bridgehead atoms. The molecule has 1 aliphatic carbocycles. The highest BCUT2D eigenvalue weighted by Crippen LogP contribution is 2.55. The molecule has 35 heavy (non-hydrogen) atoms. The second kappa shape index (κ2) is 8.87. The summed E-state index contributed by atoms with van der Waals surface area (Å²) in [5.41, 5.74) is 2.73. The summed E-state index contributed by atoms with van der Waals surface area (Å²) in [5, 5.41) is 40.6. The summed E-state index contributed by atoms with van der Waals surface area (Å²) in [6, 6.07) is 20.8. The highest BCUT2D eigenvalue weighted by atomic mass is 79.9. The van der Waals surface area contributed by atoms with Gasteiger partial charge in [0.15, 0.2) is 23.0 Å². The lowest BCUT2D eigenvalue weighted by molar-refractivity contribution is 0.403. The number of fused-ring (bicyclic) bond motifs is 3. The smallest absolute Gasteiger partial charge is 0.202 e. The first-order valence-corrected chi connectivity index (χ1v) is 12.1. The Labute approximate surface area is 217 Å². The fourth-order valence-corrected chi connectivity index (χ4v) is 5.35. The maximum atomic E-state index is 10.4. The number of nitrogens with zero attached hydrogens (tertiary/aromatic N) is 2. The number of hydrogen-bond acceptors (Lipinski definition) is 6. The number of para-hydroxylation sites is 2. The molecule has 0 saturated carbocycles. The summed E-state index contributed by atoms with van der Waals surface area (Å²) >= 11 is 7.33. The molecule has 4 N–H and O–H groups in total. The highest BCUT2D eigenvalue weighted by Gasteiger charge is 2.44. The summed E-state index contributed by atoms with van der Waals surface area (Å²) in [4.78, 5) is 9.76. The summed E-state index contributed by atoms with van der Waals surface area (Å²) in [6.45, 7) is 0. The maximum absolute atomic E-state index is 10.4. The zero-order chi connectivity index (χ0) is 24.7. The Morgan fingerprint density at radius 2 is 0.971 bits per heavy atom. The van der Waals surface area contributed by atoms with Crippen LogP contribution in [-0.2, 0) is 5.66 Å². The third-order valence-corrected chi connectivity index (χ3v) is 7.22. The van der Waals surface area contributed by atoms with Crippen molar-refractivity contribution in [2.75, 3.05) is 0 Å². The van der Waals surface area contributed by atoms with E-state index in [1.54, 1.807) is 24.3 Å². The van der Waals surface area contributed by atoms with Gasteiger partial charge in [0.05, 0.1) is 0 Å². The van der Waals surface area contributed by atoms with Crippen LogP contribution in [0.1, 0.15) is 22.3 Å². The predicted molar refractivity (Wildman–Crippen MR) is 143 cm³/mol. The van der Waals surface area contributed by atoms with E-state index in [0.717, 1.165) is 31.2 Å². The molecule has 4 aromatic carbocycles. The third-order valence-electron chi connectivity index (χ3n) is 5.90. The zero-order valence-electron chi connectivity index (χ0n) is 18.0. The van der Waals surface area contributed by atoms with Gasteiger partial charge in [-0.05, 0) is 36.4 Å². The lowest BCUT2D eigenvalue weighted by Crippen LogP contribution is -2.21. The first-order valence-electron chi connectivity index (χ1n) is 10.5. The minimum Gasteiger partial charge on any atom is -0.504 e. The molecular weight excluding hydrogens is 576 g/mol. The molecule has 6 nitrogen and oxygen atoms in total. The number of phenols is 4. The van der Waals surface area contributed by atoms with Crippen molar-refractivity contribution in [2.24, 2.45) is 9.98 Å². The summed E-state index contributed by atoms with van der Waals surface area (Å²) in [5.74, 6) is -1.09. The van der Waals surface area contributed by atoms with Gasteiger partial charge in [0.25, 0.3) is 0 Å². The van der Waals surface area contributed by atoms with Crippen LogP contribution in [0, 0.1) is 0 Å². The van der Waals surface area contributed by atoms with Gasteiger partial charge in [-0.25, -0.2) is 0 Å². The lowest BCUT2D eigenvalue weighted by atomic mass is 9.97. The van der Waals surface area contributed by atoms with Crippen LogP contribution in [0.4, 0.5) is 0 Å².